The highest BCUT2D eigenvalue weighted by molar-refractivity contribution is 6.09. The zero-order valence-electron chi connectivity index (χ0n) is 16.9. The van der Waals surface area contributed by atoms with Gasteiger partial charge in [0.25, 0.3) is 17.7 Å². The Kier molecular flexibility index (Phi) is 5.70. The Hall–Kier alpha value is -3.35. The number of likely N-dealkylation sites (tertiary alicyclic amines) is 1. The molecule has 0 radical (unpaired) electrons. The van der Waals surface area contributed by atoms with E-state index in [1.165, 1.54) is 12.8 Å². The van der Waals surface area contributed by atoms with Gasteiger partial charge in [-0.3, -0.25) is 14.4 Å². The molecule has 0 aliphatic carbocycles. The van der Waals surface area contributed by atoms with E-state index in [0.29, 0.717) is 28.3 Å². The predicted octanol–water partition coefficient (Wildman–Crippen LogP) is 3.67. The van der Waals surface area contributed by atoms with Gasteiger partial charge in [0.05, 0.1) is 11.3 Å². The van der Waals surface area contributed by atoms with Crippen LogP contribution in [-0.2, 0) is 4.79 Å². The Bertz CT molecular complexity index is 963. The maximum atomic E-state index is 12.8. The first kappa shape index (κ1) is 19.9. The van der Waals surface area contributed by atoms with Gasteiger partial charge in [-0.15, -0.1) is 0 Å². The Morgan fingerprint density at radius 1 is 1.03 bits per heavy atom. The van der Waals surface area contributed by atoms with Gasteiger partial charge in [0.2, 0.25) is 0 Å². The van der Waals surface area contributed by atoms with Gasteiger partial charge < -0.3 is 20.3 Å². The van der Waals surface area contributed by atoms with Crippen molar-refractivity contribution >= 4 is 29.1 Å². The molecule has 7 heteroatoms. The van der Waals surface area contributed by atoms with E-state index in [1.54, 1.807) is 49.4 Å². The summed E-state index contributed by atoms with van der Waals surface area (Å²) in [4.78, 5) is 39.2. The van der Waals surface area contributed by atoms with E-state index in [0.717, 1.165) is 25.9 Å². The highest BCUT2D eigenvalue weighted by Gasteiger charge is 2.27. The van der Waals surface area contributed by atoms with Crippen molar-refractivity contribution in [1.82, 2.24) is 4.90 Å². The molecule has 2 N–H and O–H groups in total. The summed E-state index contributed by atoms with van der Waals surface area (Å²) >= 11 is 0. The number of carbonyl (C=O) groups is 3. The number of hydrogen-bond donors (Lipinski definition) is 2. The van der Waals surface area contributed by atoms with Crippen LogP contribution >= 0.6 is 0 Å². The van der Waals surface area contributed by atoms with Crippen molar-refractivity contribution in [3.8, 4) is 5.75 Å². The summed E-state index contributed by atoms with van der Waals surface area (Å²) in [6.07, 6.45) is 3.76. The van der Waals surface area contributed by atoms with Crippen LogP contribution in [0.1, 0.15) is 53.3 Å². The molecule has 2 aromatic carbocycles. The van der Waals surface area contributed by atoms with Gasteiger partial charge in [-0.2, -0.15) is 0 Å². The van der Waals surface area contributed by atoms with Crippen LogP contribution in [0, 0.1) is 0 Å². The lowest BCUT2D eigenvalue weighted by atomic mass is 10.1. The normalized spacial score (nSPS) is 18.5. The van der Waals surface area contributed by atoms with E-state index >= 15 is 0 Å². The fourth-order valence-electron chi connectivity index (χ4n) is 3.76. The maximum absolute atomic E-state index is 12.8. The maximum Gasteiger partial charge on any atom is 0.265 e. The van der Waals surface area contributed by atoms with Crippen molar-refractivity contribution in [2.24, 2.45) is 0 Å². The van der Waals surface area contributed by atoms with Gasteiger partial charge in [0.1, 0.15) is 0 Å². The largest absolute Gasteiger partial charge is 0.478 e. The number of benzene rings is 2. The molecule has 156 valence electrons. The van der Waals surface area contributed by atoms with Crippen molar-refractivity contribution in [3.05, 3.63) is 53.6 Å². The smallest absolute Gasteiger partial charge is 0.265 e. The molecule has 30 heavy (non-hydrogen) atoms. The van der Waals surface area contributed by atoms with Crippen LogP contribution in [0.4, 0.5) is 11.4 Å². The number of fused-ring (bicyclic) bond motifs is 1. The molecule has 1 saturated heterocycles. The van der Waals surface area contributed by atoms with E-state index in [9.17, 15) is 14.4 Å². The van der Waals surface area contributed by atoms with Crippen molar-refractivity contribution in [1.29, 1.82) is 0 Å². The molecule has 2 aromatic rings. The molecule has 0 saturated carbocycles. The van der Waals surface area contributed by atoms with E-state index in [4.69, 9.17) is 4.74 Å². The molecule has 0 unspecified atom stereocenters. The summed E-state index contributed by atoms with van der Waals surface area (Å²) in [5, 5.41) is 5.57. The number of rotatable bonds is 3. The van der Waals surface area contributed by atoms with Crippen molar-refractivity contribution in [2.75, 3.05) is 23.7 Å². The second kappa shape index (κ2) is 8.57. The number of anilines is 2. The number of para-hydroxylation sites is 1. The fraction of sp³-hybridized carbons (Fsp3) is 0.348. The van der Waals surface area contributed by atoms with Crippen LogP contribution in [0.3, 0.4) is 0 Å². The molecule has 0 bridgehead atoms. The number of carbonyl (C=O) groups excluding carboxylic acids is 3. The molecule has 1 fully saturated rings. The standard InChI is InChI=1S/C23H25N3O4/c1-15-21(27)25-19-8-6-7-18(20(19)30-15)22(28)24-17-11-9-16(10-12-17)23(29)26-13-4-2-3-5-14-26/h6-12,15H,2-5,13-14H2,1H3,(H,24,28)(H,25,27)/t15-/m0/s1. The molecule has 0 spiro atoms. The first-order valence-electron chi connectivity index (χ1n) is 10.3. The summed E-state index contributed by atoms with van der Waals surface area (Å²) in [6, 6.07) is 12.0. The van der Waals surface area contributed by atoms with Crippen LogP contribution in [0.5, 0.6) is 5.75 Å². The molecule has 4 rings (SSSR count). The van der Waals surface area contributed by atoms with Crippen molar-refractivity contribution in [2.45, 2.75) is 38.7 Å². The zero-order valence-corrected chi connectivity index (χ0v) is 16.9. The minimum atomic E-state index is -0.671. The van der Waals surface area contributed by atoms with Crippen molar-refractivity contribution in [3.63, 3.8) is 0 Å². The van der Waals surface area contributed by atoms with Crippen LogP contribution in [0.25, 0.3) is 0 Å². The average molecular weight is 407 g/mol. The third kappa shape index (κ3) is 4.15. The zero-order chi connectivity index (χ0) is 21.1. The van der Waals surface area contributed by atoms with Gasteiger partial charge >= 0.3 is 0 Å². The molecule has 7 nitrogen and oxygen atoms in total. The summed E-state index contributed by atoms with van der Waals surface area (Å²) in [7, 11) is 0. The molecule has 1 atom stereocenters. The lowest BCUT2D eigenvalue weighted by Crippen LogP contribution is -2.35. The number of hydrogen-bond acceptors (Lipinski definition) is 4. The molecular formula is C23H25N3O4. The minimum absolute atomic E-state index is 0.0324. The van der Waals surface area contributed by atoms with Crippen molar-refractivity contribution < 1.29 is 19.1 Å². The van der Waals surface area contributed by atoms with Gasteiger partial charge in [-0.1, -0.05) is 18.9 Å². The second-order valence-corrected chi connectivity index (χ2v) is 7.67. The molecular weight excluding hydrogens is 382 g/mol. The van der Waals surface area contributed by atoms with E-state index < -0.39 is 6.10 Å². The lowest BCUT2D eigenvalue weighted by molar-refractivity contribution is -0.122. The van der Waals surface area contributed by atoms with Gasteiger partial charge in [-0.05, 0) is 56.2 Å². The third-order valence-electron chi connectivity index (χ3n) is 5.46. The average Bonchev–Trinajstić information content (AvgIpc) is 3.04. The van der Waals surface area contributed by atoms with Crippen LogP contribution in [0.15, 0.2) is 42.5 Å². The summed E-state index contributed by atoms with van der Waals surface area (Å²) in [5.41, 5.74) is 2.01. The summed E-state index contributed by atoms with van der Waals surface area (Å²) < 4.78 is 5.64. The molecule has 2 heterocycles. The van der Waals surface area contributed by atoms with Crippen LogP contribution < -0.4 is 15.4 Å². The van der Waals surface area contributed by atoms with Gasteiger partial charge in [0.15, 0.2) is 11.9 Å². The first-order valence-corrected chi connectivity index (χ1v) is 10.3. The van der Waals surface area contributed by atoms with Crippen LogP contribution in [0.2, 0.25) is 0 Å². The fourth-order valence-corrected chi connectivity index (χ4v) is 3.76. The number of ether oxygens (including phenoxy) is 1. The van der Waals surface area contributed by atoms with Gasteiger partial charge in [0, 0.05) is 24.3 Å². The van der Waals surface area contributed by atoms with E-state index in [2.05, 4.69) is 10.6 Å². The summed E-state index contributed by atoms with van der Waals surface area (Å²) in [6.45, 7) is 3.23. The topological polar surface area (TPSA) is 87.7 Å². The van der Waals surface area contributed by atoms with Gasteiger partial charge in [-0.25, -0.2) is 0 Å². The first-order chi connectivity index (χ1) is 14.5. The molecule has 0 aromatic heterocycles. The quantitative estimate of drug-likeness (QED) is 0.813. The number of nitrogens with one attached hydrogen (secondary N) is 2. The molecule has 2 aliphatic heterocycles. The Labute approximate surface area is 175 Å². The summed E-state index contributed by atoms with van der Waals surface area (Å²) in [5.74, 6) is -0.202. The van der Waals surface area contributed by atoms with E-state index in [1.807, 2.05) is 4.90 Å². The molecule has 3 amide bonds. The second-order valence-electron chi connectivity index (χ2n) is 7.67. The Morgan fingerprint density at radius 3 is 2.43 bits per heavy atom. The monoisotopic (exact) mass is 407 g/mol. The Morgan fingerprint density at radius 2 is 1.73 bits per heavy atom. The Balaban J connectivity index is 1.46. The number of nitrogens with zero attached hydrogens (tertiary/aromatic N) is 1. The highest BCUT2D eigenvalue weighted by atomic mass is 16.5. The lowest BCUT2D eigenvalue weighted by Gasteiger charge is -2.25. The van der Waals surface area contributed by atoms with E-state index in [-0.39, 0.29) is 17.7 Å². The minimum Gasteiger partial charge on any atom is -0.478 e. The third-order valence-corrected chi connectivity index (χ3v) is 5.46. The predicted molar refractivity (Wildman–Crippen MR) is 114 cm³/mol. The SMILES string of the molecule is C[C@@H]1Oc2c(cccc2C(=O)Nc2ccc(C(=O)N3CCCCCC3)cc2)NC1=O. The van der Waals surface area contributed by atoms with Crippen LogP contribution in [-0.4, -0.2) is 41.8 Å². The number of amides is 3. The highest BCUT2D eigenvalue weighted by Crippen LogP contribution is 2.33. The molecule has 2 aliphatic rings.